The van der Waals surface area contributed by atoms with E-state index < -0.39 is 36.6 Å². The minimum atomic E-state index is -1.57. The van der Waals surface area contributed by atoms with E-state index in [1.165, 1.54) is 0 Å². The number of aliphatic hydroxyl groups is 5. The molecule has 0 aliphatic heterocycles. The smallest absolute Gasteiger partial charge is 0.114 e. The molecule has 19 heavy (non-hydrogen) atoms. The Morgan fingerprint density at radius 1 is 0.684 bits per heavy atom. The summed E-state index contributed by atoms with van der Waals surface area (Å²) < 4.78 is 5.31. The number of nitrogens with two attached hydrogens (primary N) is 1. The second-order valence-corrected chi connectivity index (χ2v) is 4.99. The summed E-state index contributed by atoms with van der Waals surface area (Å²) >= 11 is 0. The van der Waals surface area contributed by atoms with Crippen LogP contribution in [0.3, 0.4) is 0 Å². The van der Waals surface area contributed by atoms with Gasteiger partial charge in [0.15, 0.2) is 0 Å². The summed E-state index contributed by atoms with van der Waals surface area (Å²) in [5.74, 6) is 0. The number of ether oxygens (including phenoxy) is 1. The topological polar surface area (TPSA) is 136 Å². The number of hydrogen-bond donors (Lipinski definition) is 6. The molecule has 6 atom stereocenters. The van der Waals surface area contributed by atoms with Crippen LogP contribution < -0.4 is 5.73 Å². The van der Waals surface area contributed by atoms with Crippen molar-refractivity contribution in [2.75, 3.05) is 13.2 Å². The fraction of sp³-hybridized carbons (Fsp3) is 1.00. The number of rotatable bonds is 7. The summed E-state index contributed by atoms with van der Waals surface area (Å²) in [6.07, 6.45) is -4.97. The number of hydrogen-bond acceptors (Lipinski definition) is 7. The molecule has 7 N–H and O–H groups in total. The summed E-state index contributed by atoms with van der Waals surface area (Å²) in [6, 6.07) is 0. The Morgan fingerprint density at radius 3 is 1.68 bits per heavy atom. The fourth-order valence-electron chi connectivity index (χ4n) is 2.21. The van der Waals surface area contributed by atoms with E-state index in [0.29, 0.717) is 13.2 Å². The maximum atomic E-state index is 9.71. The quantitative estimate of drug-likeness (QED) is 0.289. The van der Waals surface area contributed by atoms with E-state index in [1.54, 1.807) is 0 Å². The molecule has 0 aromatic carbocycles. The summed E-state index contributed by atoms with van der Waals surface area (Å²) in [6.45, 7) is 0.954. The molecule has 0 aromatic heterocycles. The third kappa shape index (κ3) is 4.35. The summed E-state index contributed by atoms with van der Waals surface area (Å²) in [4.78, 5) is 0. The second-order valence-electron chi connectivity index (χ2n) is 4.99. The third-order valence-corrected chi connectivity index (χ3v) is 3.48. The highest BCUT2D eigenvalue weighted by Crippen LogP contribution is 2.24. The molecular weight excluding hydrogens is 254 g/mol. The molecule has 1 fully saturated rings. The molecule has 0 heterocycles. The van der Waals surface area contributed by atoms with E-state index in [1.807, 2.05) is 0 Å². The molecule has 0 saturated heterocycles. The average Bonchev–Trinajstić information content (AvgIpc) is 2.41. The highest BCUT2D eigenvalue weighted by Gasteiger charge is 2.48. The first-order chi connectivity index (χ1) is 9.00. The Labute approximate surface area is 112 Å². The van der Waals surface area contributed by atoms with Crippen LogP contribution in [0.2, 0.25) is 0 Å². The SMILES string of the molecule is NCCCCCCOC1[C@@H](O)[C@@H](O)C(O)[C@H](O)[C@H]1O. The lowest BCUT2D eigenvalue weighted by Gasteiger charge is -2.41. The van der Waals surface area contributed by atoms with E-state index in [-0.39, 0.29) is 0 Å². The van der Waals surface area contributed by atoms with E-state index >= 15 is 0 Å². The van der Waals surface area contributed by atoms with Crippen LogP contribution in [-0.4, -0.2) is 75.3 Å². The van der Waals surface area contributed by atoms with Gasteiger partial charge in [-0.15, -0.1) is 0 Å². The Balaban J connectivity index is 2.34. The van der Waals surface area contributed by atoms with Gasteiger partial charge in [-0.1, -0.05) is 12.8 Å². The molecular formula is C12H25NO6. The molecule has 7 heteroatoms. The van der Waals surface area contributed by atoms with Crippen molar-refractivity contribution in [3.05, 3.63) is 0 Å². The number of unbranched alkanes of at least 4 members (excludes halogenated alkanes) is 3. The first-order valence-electron chi connectivity index (χ1n) is 6.72. The summed E-state index contributed by atoms with van der Waals surface area (Å²) in [7, 11) is 0. The molecule has 7 nitrogen and oxygen atoms in total. The Hall–Kier alpha value is -0.280. The van der Waals surface area contributed by atoms with Crippen molar-refractivity contribution in [1.29, 1.82) is 0 Å². The van der Waals surface area contributed by atoms with Gasteiger partial charge in [0.1, 0.15) is 36.6 Å². The molecule has 0 aromatic rings. The van der Waals surface area contributed by atoms with Gasteiger partial charge in [-0.05, 0) is 19.4 Å². The van der Waals surface area contributed by atoms with Gasteiger partial charge in [0, 0.05) is 6.61 Å². The van der Waals surface area contributed by atoms with Crippen molar-refractivity contribution in [3.63, 3.8) is 0 Å². The first-order valence-corrected chi connectivity index (χ1v) is 6.72. The van der Waals surface area contributed by atoms with Crippen LogP contribution in [0, 0.1) is 0 Å². The second kappa shape index (κ2) is 8.11. The normalized spacial score (nSPS) is 39.5. The van der Waals surface area contributed by atoms with Gasteiger partial charge < -0.3 is 36.0 Å². The van der Waals surface area contributed by atoms with Gasteiger partial charge in [-0.3, -0.25) is 0 Å². The number of aliphatic hydroxyl groups excluding tert-OH is 5. The maximum absolute atomic E-state index is 9.71. The highest BCUT2D eigenvalue weighted by atomic mass is 16.5. The van der Waals surface area contributed by atoms with Gasteiger partial charge in [0.25, 0.3) is 0 Å². The van der Waals surface area contributed by atoms with Crippen molar-refractivity contribution in [3.8, 4) is 0 Å². The van der Waals surface area contributed by atoms with Crippen LogP contribution in [0.5, 0.6) is 0 Å². The average molecular weight is 279 g/mol. The van der Waals surface area contributed by atoms with Gasteiger partial charge in [0.2, 0.25) is 0 Å². The van der Waals surface area contributed by atoms with Gasteiger partial charge in [-0.25, -0.2) is 0 Å². The lowest BCUT2D eigenvalue weighted by atomic mass is 9.85. The highest BCUT2D eigenvalue weighted by molar-refractivity contribution is 4.99. The minimum absolute atomic E-state index is 0.304. The molecule has 0 radical (unpaired) electrons. The largest absolute Gasteiger partial charge is 0.387 e. The van der Waals surface area contributed by atoms with Crippen LogP contribution in [0.1, 0.15) is 25.7 Å². The van der Waals surface area contributed by atoms with E-state index in [0.717, 1.165) is 25.7 Å². The molecule has 2 unspecified atom stereocenters. The van der Waals surface area contributed by atoms with Crippen molar-refractivity contribution < 1.29 is 30.3 Å². The zero-order chi connectivity index (χ0) is 14.4. The van der Waals surface area contributed by atoms with E-state index in [9.17, 15) is 25.5 Å². The molecule has 1 saturated carbocycles. The lowest BCUT2D eigenvalue weighted by molar-refractivity contribution is -0.235. The van der Waals surface area contributed by atoms with Crippen molar-refractivity contribution >= 4 is 0 Å². The summed E-state index contributed by atoms with van der Waals surface area (Å²) in [5, 5.41) is 47.8. The zero-order valence-electron chi connectivity index (χ0n) is 10.9. The van der Waals surface area contributed by atoms with Gasteiger partial charge in [0.05, 0.1) is 0 Å². The van der Waals surface area contributed by atoms with Crippen molar-refractivity contribution in [1.82, 2.24) is 0 Å². The van der Waals surface area contributed by atoms with Crippen LogP contribution >= 0.6 is 0 Å². The summed E-state index contributed by atoms with van der Waals surface area (Å²) in [5.41, 5.74) is 5.36. The van der Waals surface area contributed by atoms with Crippen molar-refractivity contribution in [2.24, 2.45) is 5.73 Å². The standard InChI is InChI=1S/C12H25NO6/c13-5-3-1-2-4-6-19-12-10(17)8(15)7(14)9(16)11(12)18/h7-12,14-18H,1-6,13H2/t7?,8-,9-,10-,11+,12?/m0/s1. The third-order valence-electron chi connectivity index (χ3n) is 3.48. The van der Waals surface area contributed by atoms with Crippen LogP contribution in [0.15, 0.2) is 0 Å². The molecule has 1 aliphatic carbocycles. The molecule has 0 spiro atoms. The lowest BCUT2D eigenvalue weighted by Crippen LogP contribution is -2.64. The predicted molar refractivity (Wildman–Crippen MR) is 67.3 cm³/mol. The van der Waals surface area contributed by atoms with Crippen molar-refractivity contribution in [2.45, 2.75) is 62.3 Å². The fourth-order valence-corrected chi connectivity index (χ4v) is 2.21. The maximum Gasteiger partial charge on any atom is 0.114 e. The Morgan fingerprint density at radius 2 is 1.16 bits per heavy atom. The van der Waals surface area contributed by atoms with Gasteiger partial charge >= 0.3 is 0 Å². The minimum Gasteiger partial charge on any atom is -0.387 e. The molecule has 1 aliphatic rings. The molecule has 0 bridgehead atoms. The predicted octanol–water partition coefficient (Wildman–Crippen LogP) is -2.29. The van der Waals surface area contributed by atoms with E-state index in [4.69, 9.17) is 10.5 Å². The monoisotopic (exact) mass is 279 g/mol. The van der Waals surface area contributed by atoms with Crippen LogP contribution in [0.4, 0.5) is 0 Å². The first kappa shape index (κ1) is 16.8. The zero-order valence-corrected chi connectivity index (χ0v) is 10.9. The molecule has 114 valence electrons. The van der Waals surface area contributed by atoms with Crippen LogP contribution in [0.25, 0.3) is 0 Å². The molecule has 0 amide bonds. The Kier molecular flexibility index (Phi) is 7.16. The van der Waals surface area contributed by atoms with Gasteiger partial charge in [-0.2, -0.15) is 0 Å². The van der Waals surface area contributed by atoms with Crippen LogP contribution in [-0.2, 0) is 4.74 Å². The van der Waals surface area contributed by atoms with E-state index in [2.05, 4.69) is 0 Å². The molecule has 1 rings (SSSR count). The Bertz CT molecular complexity index is 238.